The standard InChI is InChI=1S/2C13H14O3.2CH4/c1-4-6-9-7-5-8-10-11(9)12(14)16-13(2,3)15-10;1-3-6-10-7-5-8-11(14)12(10)13(15)16-9-4-2;;/h4-5,7-8H,1,6H2,2-3H3;3-5,7-8,14H,1-2,6,9H2;2*1H4. The van der Waals surface area contributed by atoms with Crippen LogP contribution in [0.5, 0.6) is 11.5 Å². The summed E-state index contributed by atoms with van der Waals surface area (Å²) in [7, 11) is 0. The zero-order chi connectivity index (χ0) is 23.7. The molecule has 0 saturated heterocycles. The van der Waals surface area contributed by atoms with Crippen molar-refractivity contribution in [3.05, 3.63) is 96.6 Å². The summed E-state index contributed by atoms with van der Waals surface area (Å²) in [5, 5.41) is 9.63. The number of aromatic hydroxyl groups is 1. The number of fused-ring (bicyclic) bond motifs is 1. The number of carbonyl (C=O) groups is 2. The second-order valence-electron chi connectivity index (χ2n) is 7.37. The van der Waals surface area contributed by atoms with E-state index in [1.165, 1.54) is 12.1 Å². The predicted octanol–water partition coefficient (Wildman–Crippen LogP) is 6.44. The minimum atomic E-state index is -0.892. The second-order valence-corrected chi connectivity index (χ2v) is 7.37. The van der Waals surface area contributed by atoms with Crippen molar-refractivity contribution in [2.24, 2.45) is 0 Å². The number of esters is 2. The van der Waals surface area contributed by atoms with E-state index in [4.69, 9.17) is 14.2 Å². The molecule has 0 saturated carbocycles. The number of phenols is 1. The number of carbonyl (C=O) groups excluding carboxylic acids is 2. The Labute approximate surface area is 203 Å². The minimum absolute atomic E-state index is 0. The molecule has 1 heterocycles. The first-order chi connectivity index (χ1) is 15.2. The van der Waals surface area contributed by atoms with Gasteiger partial charge in [0.15, 0.2) is 0 Å². The smallest absolute Gasteiger partial charge is 0.345 e. The summed E-state index contributed by atoms with van der Waals surface area (Å²) < 4.78 is 15.7. The van der Waals surface area contributed by atoms with Crippen molar-refractivity contribution in [3.63, 3.8) is 0 Å². The number of hydrogen-bond donors (Lipinski definition) is 1. The molecule has 1 aliphatic heterocycles. The van der Waals surface area contributed by atoms with Gasteiger partial charge in [-0.05, 0) is 36.1 Å². The molecule has 2 aromatic rings. The van der Waals surface area contributed by atoms with Crippen molar-refractivity contribution < 1.29 is 28.9 Å². The van der Waals surface area contributed by atoms with Crippen LogP contribution >= 0.6 is 0 Å². The van der Waals surface area contributed by atoms with Gasteiger partial charge in [-0.2, -0.15) is 0 Å². The van der Waals surface area contributed by atoms with E-state index in [1.807, 2.05) is 12.1 Å². The molecule has 1 N–H and O–H groups in total. The Kier molecular flexibility index (Phi) is 12.2. The van der Waals surface area contributed by atoms with Gasteiger partial charge in [0, 0.05) is 13.8 Å². The molecule has 0 radical (unpaired) electrons. The maximum Gasteiger partial charge on any atom is 0.345 e. The molecule has 0 bridgehead atoms. The topological polar surface area (TPSA) is 82.1 Å². The largest absolute Gasteiger partial charge is 0.507 e. The van der Waals surface area contributed by atoms with Gasteiger partial charge in [-0.25, -0.2) is 9.59 Å². The average molecular weight is 469 g/mol. The van der Waals surface area contributed by atoms with Crippen LogP contribution in [0, 0.1) is 0 Å². The van der Waals surface area contributed by atoms with E-state index in [1.54, 1.807) is 44.2 Å². The molecule has 0 aromatic heterocycles. The van der Waals surface area contributed by atoms with E-state index in [0.29, 0.717) is 29.7 Å². The first-order valence-corrected chi connectivity index (χ1v) is 10.1. The lowest BCUT2D eigenvalue weighted by atomic mass is 10.0. The monoisotopic (exact) mass is 468 g/mol. The van der Waals surface area contributed by atoms with Gasteiger partial charge in [0.1, 0.15) is 29.2 Å². The maximum absolute atomic E-state index is 11.9. The van der Waals surface area contributed by atoms with Gasteiger partial charge in [-0.3, -0.25) is 0 Å². The fourth-order valence-corrected chi connectivity index (χ4v) is 3.13. The molecule has 0 aliphatic carbocycles. The summed E-state index contributed by atoms with van der Waals surface area (Å²) in [6.45, 7) is 14.3. The van der Waals surface area contributed by atoms with Gasteiger partial charge in [-0.15, -0.1) is 13.2 Å². The number of benzene rings is 2. The van der Waals surface area contributed by atoms with E-state index < -0.39 is 11.8 Å². The van der Waals surface area contributed by atoms with Crippen LogP contribution in [-0.4, -0.2) is 29.4 Å². The van der Waals surface area contributed by atoms with E-state index in [2.05, 4.69) is 19.7 Å². The first kappa shape index (κ1) is 30.2. The Hall–Kier alpha value is -3.80. The molecule has 3 rings (SSSR count). The Morgan fingerprint density at radius 3 is 2.18 bits per heavy atom. The van der Waals surface area contributed by atoms with Gasteiger partial charge < -0.3 is 19.3 Å². The molecule has 6 heteroatoms. The SMILES string of the molecule is C.C.C=CCOC(=O)c1c(O)cccc1CC=C.C=CCc1cccc2c1C(=O)OC(C)(C)O2. The Balaban J connectivity index is 0.000000605. The summed E-state index contributed by atoms with van der Waals surface area (Å²) in [5.74, 6) is -1.26. The minimum Gasteiger partial charge on any atom is -0.507 e. The van der Waals surface area contributed by atoms with Crippen LogP contribution in [0.2, 0.25) is 0 Å². The predicted molar refractivity (Wildman–Crippen MR) is 136 cm³/mol. The van der Waals surface area contributed by atoms with Gasteiger partial charge in [-0.1, -0.05) is 63.9 Å². The van der Waals surface area contributed by atoms with Crippen molar-refractivity contribution >= 4 is 11.9 Å². The van der Waals surface area contributed by atoms with Crippen LogP contribution in [0.1, 0.15) is 60.5 Å². The molecular weight excluding hydrogens is 432 g/mol. The van der Waals surface area contributed by atoms with Gasteiger partial charge in [0.25, 0.3) is 0 Å². The molecule has 2 aromatic carbocycles. The normalized spacial score (nSPS) is 12.5. The van der Waals surface area contributed by atoms with Gasteiger partial charge >= 0.3 is 11.9 Å². The van der Waals surface area contributed by atoms with E-state index in [9.17, 15) is 14.7 Å². The Bertz CT molecular complexity index is 1020. The number of phenolic OH excluding ortho intramolecular Hbond substituents is 1. The molecule has 0 amide bonds. The van der Waals surface area contributed by atoms with Gasteiger partial charge in [0.05, 0.1) is 0 Å². The van der Waals surface area contributed by atoms with E-state index >= 15 is 0 Å². The van der Waals surface area contributed by atoms with E-state index in [0.717, 1.165) is 5.56 Å². The summed E-state index contributed by atoms with van der Waals surface area (Å²) in [5.41, 5.74) is 2.29. The van der Waals surface area contributed by atoms with Crippen LogP contribution in [0.15, 0.2) is 74.4 Å². The quantitative estimate of drug-likeness (QED) is 0.372. The van der Waals surface area contributed by atoms with Crippen molar-refractivity contribution in [2.75, 3.05) is 6.61 Å². The molecule has 184 valence electrons. The van der Waals surface area contributed by atoms with Crippen LogP contribution in [0.25, 0.3) is 0 Å². The number of cyclic esters (lactones) is 1. The Morgan fingerprint density at radius 1 is 0.971 bits per heavy atom. The van der Waals surface area contributed by atoms with Crippen molar-refractivity contribution in [2.45, 2.75) is 47.3 Å². The zero-order valence-electron chi connectivity index (χ0n) is 18.4. The summed E-state index contributed by atoms with van der Waals surface area (Å²) in [4.78, 5) is 23.5. The molecule has 0 atom stereocenters. The van der Waals surface area contributed by atoms with Crippen LogP contribution in [-0.2, 0) is 22.3 Å². The van der Waals surface area contributed by atoms with Crippen molar-refractivity contribution in [3.8, 4) is 11.5 Å². The molecule has 1 aliphatic rings. The van der Waals surface area contributed by atoms with Crippen molar-refractivity contribution in [1.29, 1.82) is 0 Å². The van der Waals surface area contributed by atoms with Crippen molar-refractivity contribution in [1.82, 2.24) is 0 Å². The van der Waals surface area contributed by atoms with Crippen LogP contribution in [0.3, 0.4) is 0 Å². The fourth-order valence-electron chi connectivity index (χ4n) is 3.13. The van der Waals surface area contributed by atoms with Gasteiger partial charge in [0.2, 0.25) is 5.79 Å². The maximum atomic E-state index is 11.9. The summed E-state index contributed by atoms with van der Waals surface area (Å²) >= 11 is 0. The lowest BCUT2D eigenvalue weighted by molar-refractivity contribution is -0.127. The number of ether oxygens (including phenoxy) is 3. The lowest BCUT2D eigenvalue weighted by Gasteiger charge is -2.32. The highest BCUT2D eigenvalue weighted by Crippen LogP contribution is 2.33. The third kappa shape index (κ3) is 7.66. The molecule has 0 unspecified atom stereocenters. The molecular formula is C28H36O6. The van der Waals surface area contributed by atoms with E-state index in [-0.39, 0.29) is 38.7 Å². The molecule has 0 fully saturated rings. The highest BCUT2D eigenvalue weighted by molar-refractivity contribution is 5.95. The highest BCUT2D eigenvalue weighted by Gasteiger charge is 2.34. The fraction of sp³-hybridized carbons (Fsp3) is 0.286. The number of allylic oxidation sites excluding steroid dienone is 2. The molecule has 34 heavy (non-hydrogen) atoms. The van der Waals surface area contributed by atoms with Crippen LogP contribution in [0.4, 0.5) is 0 Å². The lowest BCUT2D eigenvalue weighted by Crippen LogP contribution is -2.39. The average Bonchev–Trinajstić information content (AvgIpc) is 2.72. The molecule has 0 spiro atoms. The molecule has 6 nitrogen and oxygen atoms in total. The summed E-state index contributed by atoms with van der Waals surface area (Å²) in [6.07, 6.45) is 6.03. The third-order valence-electron chi connectivity index (χ3n) is 4.40. The third-order valence-corrected chi connectivity index (χ3v) is 4.40. The highest BCUT2D eigenvalue weighted by atomic mass is 16.7. The number of hydrogen-bond acceptors (Lipinski definition) is 6. The number of rotatable bonds is 7. The second kappa shape index (κ2) is 13.7. The summed E-state index contributed by atoms with van der Waals surface area (Å²) in [6, 6.07) is 10.4. The zero-order valence-corrected chi connectivity index (χ0v) is 18.4. The first-order valence-electron chi connectivity index (χ1n) is 10.1. The van der Waals surface area contributed by atoms with Crippen LogP contribution < -0.4 is 4.74 Å². The Morgan fingerprint density at radius 2 is 1.56 bits per heavy atom.